The van der Waals surface area contributed by atoms with Gasteiger partial charge < -0.3 is 2.85 Å². The van der Waals surface area contributed by atoms with Crippen molar-refractivity contribution >= 4 is 52.3 Å². The summed E-state index contributed by atoms with van der Waals surface area (Å²) in [4.78, 5) is 0. The Morgan fingerprint density at radius 2 is 1.29 bits per heavy atom. The molecule has 0 saturated heterocycles. The molecule has 0 rings (SSSR count). The maximum atomic E-state index is 8.94. The molecule has 0 aromatic heterocycles. The first-order valence-electron chi connectivity index (χ1n) is 0.783. The molecular weight excluding hydrogens is 243 g/mol. The predicted octanol–water partition coefficient (Wildman–Crippen LogP) is -2.33. The molecule has 0 aromatic carbocycles. The van der Waals surface area contributed by atoms with Gasteiger partial charge in [0.25, 0.3) is 0 Å². The van der Waals surface area contributed by atoms with Gasteiger partial charge in [0.05, 0.1) is 0 Å². The van der Waals surface area contributed by atoms with Gasteiger partial charge in [-0.05, 0) is 0 Å². The van der Waals surface area contributed by atoms with Gasteiger partial charge in [0.15, 0.2) is 0 Å². The zero-order valence-corrected chi connectivity index (χ0v) is 8.23. The molecule has 0 heterocycles. The van der Waals surface area contributed by atoms with Gasteiger partial charge in [0.2, 0.25) is 0 Å². The Kier molecular flexibility index (Phi) is 14.0. The average Bonchev–Trinajstić information content (AvgIpc) is 0.722. The fraction of sp³-hybridized carbons (Fsp3) is 0. The summed E-state index contributed by atoms with van der Waals surface area (Å²) < 4.78 is 30.7. The van der Waals surface area contributed by atoms with Gasteiger partial charge in [-0.1, -0.05) is 0 Å². The number of rotatable bonds is 0. The van der Waals surface area contributed by atoms with Crippen molar-refractivity contribution in [3.63, 3.8) is 0 Å². The molecule has 4 nitrogen and oxygen atoms in total. The van der Waals surface area contributed by atoms with Gasteiger partial charge in [0.1, 0.15) is 0 Å². The molecule has 7 heavy (non-hydrogen) atoms. The van der Waals surface area contributed by atoms with E-state index in [1.165, 1.54) is 0 Å². The van der Waals surface area contributed by atoms with Crippen LogP contribution in [0.4, 0.5) is 0 Å². The molecule has 0 aromatic rings. The van der Waals surface area contributed by atoms with Crippen molar-refractivity contribution in [1.82, 2.24) is 0 Å². The molecule has 1 radical (unpaired) electrons. The van der Waals surface area contributed by atoms with E-state index >= 15 is 0 Å². The molecular formula is H5AsCaCuO4. The van der Waals surface area contributed by atoms with E-state index in [1.54, 1.807) is 0 Å². The topological polar surface area (TPSA) is 77.8 Å². The summed E-state index contributed by atoms with van der Waals surface area (Å²) in [5.74, 6) is 0. The second kappa shape index (κ2) is 6.14. The Labute approximate surface area is 87.1 Å². The summed E-state index contributed by atoms with van der Waals surface area (Å²) in [6.07, 6.45) is 0. The monoisotopic (exact) mass is 247 g/mol. The molecule has 0 amide bonds. The molecule has 0 aliphatic heterocycles. The summed E-state index contributed by atoms with van der Waals surface area (Å²) in [7, 11) is 0. The SMILES string of the molecule is O=[As](O)(O)O.[Ca+2].[Cu].[H-].[H-]. The van der Waals surface area contributed by atoms with Crippen LogP contribution in [0, 0.1) is 0 Å². The summed E-state index contributed by atoms with van der Waals surface area (Å²) >= 11 is -5.12. The first kappa shape index (κ1) is 16.0. The van der Waals surface area contributed by atoms with Crippen molar-refractivity contribution in [3.8, 4) is 0 Å². The Bertz CT molecular complexity index is 64.7. The molecule has 0 spiro atoms. The fourth-order valence-electron chi connectivity index (χ4n) is 0. The summed E-state index contributed by atoms with van der Waals surface area (Å²) in [5.41, 5.74) is 0. The van der Waals surface area contributed by atoms with E-state index in [2.05, 4.69) is 0 Å². The molecule has 0 atom stereocenters. The van der Waals surface area contributed by atoms with E-state index in [9.17, 15) is 0 Å². The van der Waals surface area contributed by atoms with Crippen LogP contribution in [0.3, 0.4) is 0 Å². The third-order valence-electron chi connectivity index (χ3n) is 0. The molecule has 0 unspecified atom stereocenters. The molecule has 0 saturated carbocycles. The van der Waals surface area contributed by atoms with Crippen LogP contribution < -0.4 is 0 Å². The van der Waals surface area contributed by atoms with Crippen LogP contribution in [-0.4, -0.2) is 64.5 Å². The van der Waals surface area contributed by atoms with Gasteiger partial charge in [-0.25, -0.2) is 0 Å². The van der Waals surface area contributed by atoms with Crippen molar-refractivity contribution in [1.29, 1.82) is 0 Å². The quantitative estimate of drug-likeness (QED) is 0.420. The van der Waals surface area contributed by atoms with Crippen LogP contribution in [0.2, 0.25) is 0 Å². The minimum atomic E-state index is -5.12. The van der Waals surface area contributed by atoms with Crippen LogP contribution in [0.15, 0.2) is 0 Å². The summed E-state index contributed by atoms with van der Waals surface area (Å²) in [6, 6.07) is 0. The van der Waals surface area contributed by atoms with E-state index in [4.69, 9.17) is 16.0 Å². The maximum absolute atomic E-state index is 8.94. The van der Waals surface area contributed by atoms with E-state index in [-0.39, 0.29) is 57.7 Å². The number of hydrogen-bond acceptors (Lipinski definition) is 1. The Morgan fingerprint density at radius 1 is 1.29 bits per heavy atom. The summed E-state index contributed by atoms with van der Waals surface area (Å²) in [5, 5.41) is 0. The minimum Gasteiger partial charge on any atom is -1.00 e. The second-order valence-corrected chi connectivity index (χ2v) is 2.67. The third kappa shape index (κ3) is 71.3. The van der Waals surface area contributed by atoms with Crippen molar-refractivity contribution in [2.75, 3.05) is 0 Å². The predicted molar refractivity (Wildman–Crippen MR) is 21.1 cm³/mol. The molecule has 47 valence electrons. The standard InChI is InChI=1S/AsH3O4.Ca.Cu.2H/c2-1(3,4)5;;;;/h(H3,2,3,4,5);;;;/q;+2;;2*-1. The summed E-state index contributed by atoms with van der Waals surface area (Å²) in [6.45, 7) is 0. The van der Waals surface area contributed by atoms with Crippen molar-refractivity contribution in [3.05, 3.63) is 0 Å². The maximum Gasteiger partial charge on any atom is 2.00 e. The van der Waals surface area contributed by atoms with Gasteiger partial charge in [0, 0.05) is 17.1 Å². The smallest absolute Gasteiger partial charge is 1.00 e. The van der Waals surface area contributed by atoms with Crippen molar-refractivity contribution < 1.29 is 35.9 Å². The molecule has 0 aliphatic rings. The normalized spacial score (nSPS) is 8.43. The van der Waals surface area contributed by atoms with Gasteiger partial charge in [-0.15, -0.1) is 0 Å². The zero-order chi connectivity index (χ0) is 4.50. The van der Waals surface area contributed by atoms with Crippen LogP contribution >= 0.6 is 0 Å². The molecule has 0 bridgehead atoms. The van der Waals surface area contributed by atoms with E-state index in [1.807, 2.05) is 0 Å². The Hall–Kier alpha value is 2.02. The van der Waals surface area contributed by atoms with Crippen LogP contribution in [-0.2, 0) is 20.8 Å². The molecule has 0 fully saturated rings. The Balaban J connectivity index is -0.0000000133. The van der Waals surface area contributed by atoms with Gasteiger partial charge in [-0.2, -0.15) is 0 Å². The molecule has 3 N–H and O–H groups in total. The van der Waals surface area contributed by atoms with Gasteiger partial charge in [-0.3, -0.25) is 0 Å². The molecule has 0 aliphatic carbocycles. The number of hydrogen-bond donors (Lipinski definition) is 3. The third-order valence-corrected chi connectivity index (χ3v) is 0. The second-order valence-electron chi connectivity index (χ2n) is 0.513. The van der Waals surface area contributed by atoms with E-state index < -0.39 is 14.5 Å². The van der Waals surface area contributed by atoms with E-state index in [0.29, 0.717) is 0 Å². The van der Waals surface area contributed by atoms with E-state index in [0.717, 1.165) is 0 Å². The zero-order valence-electron chi connectivity index (χ0n) is 5.21. The van der Waals surface area contributed by atoms with Crippen molar-refractivity contribution in [2.24, 2.45) is 0 Å². The first-order valence-corrected chi connectivity index (χ1v) is 4.07. The van der Waals surface area contributed by atoms with Crippen LogP contribution in [0.1, 0.15) is 2.85 Å². The average molecular weight is 248 g/mol. The van der Waals surface area contributed by atoms with Crippen LogP contribution in [0.5, 0.6) is 0 Å². The van der Waals surface area contributed by atoms with Gasteiger partial charge >= 0.3 is 68.3 Å². The Morgan fingerprint density at radius 3 is 1.29 bits per heavy atom. The first-order chi connectivity index (χ1) is 2.00. The van der Waals surface area contributed by atoms with Crippen molar-refractivity contribution in [2.45, 2.75) is 0 Å². The minimum absolute atomic E-state index is 0. The fourth-order valence-corrected chi connectivity index (χ4v) is 0. The van der Waals surface area contributed by atoms with Crippen LogP contribution in [0.25, 0.3) is 0 Å². The largest absolute Gasteiger partial charge is 2.00 e. The molecule has 7 heteroatoms.